The summed E-state index contributed by atoms with van der Waals surface area (Å²) >= 11 is 0. The van der Waals surface area contributed by atoms with Gasteiger partial charge in [0, 0.05) is 5.69 Å². The maximum Gasteiger partial charge on any atom is 0.419 e. The number of carbonyl (C=O) groups is 2. The number of hydrogen-bond donors (Lipinski definition) is 2. The molecular formula is C26H23F3N2O4. The Morgan fingerprint density at radius 1 is 1.06 bits per heavy atom. The number of carbonyl (C=O) groups excluding carboxylic acids is 2. The first-order valence-electron chi connectivity index (χ1n) is 10.9. The molecule has 0 fully saturated rings. The predicted molar refractivity (Wildman–Crippen MR) is 123 cm³/mol. The number of esters is 1. The fourth-order valence-electron chi connectivity index (χ4n) is 4.04. The third-order valence-electron chi connectivity index (χ3n) is 5.81. The van der Waals surface area contributed by atoms with Gasteiger partial charge in [-0.15, -0.1) is 0 Å². The van der Waals surface area contributed by atoms with Crippen molar-refractivity contribution in [2.24, 2.45) is 5.73 Å². The molecule has 3 aromatic rings. The molecule has 2 atom stereocenters. The van der Waals surface area contributed by atoms with Crippen LogP contribution in [0.25, 0.3) is 0 Å². The molecule has 9 heteroatoms. The second kappa shape index (κ2) is 9.79. The molecule has 4 rings (SSSR count). The molecule has 2 unspecified atom stereocenters. The first-order chi connectivity index (χ1) is 16.7. The van der Waals surface area contributed by atoms with Gasteiger partial charge in [0.1, 0.15) is 17.5 Å². The Morgan fingerprint density at radius 3 is 2.43 bits per heavy atom. The first-order valence-corrected chi connectivity index (χ1v) is 10.9. The van der Waals surface area contributed by atoms with E-state index in [0.29, 0.717) is 16.8 Å². The van der Waals surface area contributed by atoms with Crippen molar-refractivity contribution in [2.75, 3.05) is 12.4 Å². The molecule has 1 aliphatic heterocycles. The second-order valence-electron chi connectivity index (χ2n) is 8.24. The van der Waals surface area contributed by atoms with Crippen molar-refractivity contribution in [1.29, 1.82) is 0 Å². The van der Waals surface area contributed by atoms with Crippen LogP contribution in [0.1, 0.15) is 28.2 Å². The molecule has 0 spiro atoms. The number of alkyl halides is 3. The van der Waals surface area contributed by atoms with Gasteiger partial charge in [-0.05, 0) is 59.9 Å². The normalized spacial score (nSPS) is 15.8. The third kappa shape index (κ3) is 5.46. The SMILES string of the molecule is COC(=O)C(N)Cc1ccc(Oc2ccc(CC3C(=O)Nc4ccccc43)cc2C(F)(F)F)cc1. The quantitative estimate of drug-likeness (QED) is 0.470. The molecule has 0 saturated carbocycles. The maximum atomic E-state index is 13.9. The zero-order chi connectivity index (χ0) is 25.2. The largest absolute Gasteiger partial charge is 0.468 e. The Hall–Kier alpha value is -3.85. The van der Waals surface area contributed by atoms with E-state index in [2.05, 4.69) is 10.1 Å². The molecule has 0 bridgehead atoms. The van der Waals surface area contributed by atoms with E-state index in [1.807, 2.05) is 0 Å². The van der Waals surface area contributed by atoms with Crippen LogP contribution in [0.2, 0.25) is 0 Å². The fourth-order valence-corrected chi connectivity index (χ4v) is 4.04. The van der Waals surface area contributed by atoms with E-state index in [9.17, 15) is 22.8 Å². The van der Waals surface area contributed by atoms with E-state index in [-0.39, 0.29) is 30.2 Å². The molecule has 6 nitrogen and oxygen atoms in total. The predicted octanol–water partition coefficient (Wildman–Crippen LogP) is 4.82. The lowest BCUT2D eigenvalue weighted by Gasteiger charge is -2.17. The fraction of sp³-hybridized carbons (Fsp3) is 0.231. The van der Waals surface area contributed by atoms with Gasteiger partial charge in [0.25, 0.3) is 0 Å². The van der Waals surface area contributed by atoms with Crippen LogP contribution in [0.3, 0.4) is 0 Å². The van der Waals surface area contributed by atoms with Crippen LogP contribution in [-0.4, -0.2) is 25.0 Å². The van der Waals surface area contributed by atoms with E-state index in [1.54, 1.807) is 36.4 Å². The Morgan fingerprint density at radius 2 is 1.74 bits per heavy atom. The zero-order valence-corrected chi connectivity index (χ0v) is 18.8. The maximum absolute atomic E-state index is 13.9. The van der Waals surface area contributed by atoms with Gasteiger partial charge in [0.2, 0.25) is 5.91 Å². The van der Waals surface area contributed by atoms with Gasteiger partial charge in [-0.25, -0.2) is 0 Å². The number of ether oxygens (including phenoxy) is 2. The van der Waals surface area contributed by atoms with Crippen LogP contribution >= 0.6 is 0 Å². The lowest BCUT2D eigenvalue weighted by atomic mass is 9.92. The summed E-state index contributed by atoms with van der Waals surface area (Å²) in [6.45, 7) is 0. The third-order valence-corrected chi connectivity index (χ3v) is 5.81. The van der Waals surface area contributed by atoms with E-state index in [1.165, 1.54) is 31.4 Å². The smallest absolute Gasteiger partial charge is 0.419 e. The van der Waals surface area contributed by atoms with Gasteiger partial charge < -0.3 is 20.5 Å². The highest BCUT2D eigenvalue weighted by atomic mass is 19.4. The average molecular weight is 484 g/mol. The number of nitrogens with one attached hydrogen (secondary N) is 1. The van der Waals surface area contributed by atoms with E-state index in [0.717, 1.165) is 11.6 Å². The first kappa shape index (κ1) is 24.3. The Labute approximate surface area is 199 Å². The number of rotatable bonds is 7. The minimum Gasteiger partial charge on any atom is -0.468 e. The van der Waals surface area contributed by atoms with Crippen LogP contribution in [0.15, 0.2) is 66.7 Å². The molecule has 1 aliphatic rings. The molecular weight excluding hydrogens is 461 g/mol. The molecule has 3 aromatic carbocycles. The van der Waals surface area contributed by atoms with Crippen LogP contribution in [-0.2, 0) is 33.3 Å². The molecule has 1 heterocycles. The second-order valence-corrected chi connectivity index (χ2v) is 8.24. The molecule has 3 N–H and O–H groups in total. The topological polar surface area (TPSA) is 90.7 Å². The Kier molecular flexibility index (Phi) is 6.79. The summed E-state index contributed by atoms with van der Waals surface area (Å²) in [4.78, 5) is 23.9. The summed E-state index contributed by atoms with van der Waals surface area (Å²) in [5.74, 6) is -1.52. The minimum absolute atomic E-state index is 0.126. The number of amides is 1. The number of nitrogens with two attached hydrogens (primary N) is 1. The van der Waals surface area contributed by atoms with Gasteiger partial charge in [-0.3, -0.25) is 9.59 Å². The van der Waals surface area contributed by atoms with Crippen molar-refractivity contribution in [1.82, 2.24) is 0 Å². The molecule has 0 aliphatic carbocycles. The van der Waals surface area contributed by atoms with Crippen molar-refractivity contribution < 1.29 is 32.2 Å². The lowest BCUT2D eigenvalue weighted by molar-refractivity contribution is -0.142. The lowest BCUT2D eigenvalue weighted by Crippen LogP contribution is -2.33. The van der Waals surface area contributed by atoms with Gasteiger partial charge in [0.05, 0.1) is 18.6 Å². The number of benzene rings is 3. The van der Waals surface area contributed by atoms with Crippen molar-refractivity contribution in [2.45, 2.75) is 31.0 Å². The number of halogens is 3. The Bertz CT molecular complexity index is 1240. The van der Waals surface area contributed by atoms with E-state index < -0.39 is 29.7 Å². The molecule has 0 aromatic heterocycles. The summed E-state index contributed by atoms with van der Waals surface area (Å²) in [7, 11) is 1.24. The number of hydrogen-bond acceptors (Lipinski definition) is 5. The monoisotopic (exact) mass is 484 g/mol. The van der Waals surface area contributed by atoms with Crippen LogP contribution in [0, 0.1) is 0 Å². The van der Waals surface area contributed by atoms with Gasteiger partial charge in [-0.1, -0.05) is 36.4 Å². The number of para-hydroxylation sites is 1. The van der Waals surface area contributed by atoms with Crippen molar-refractivity contribution in [3.05, 3.63) is 89.0 Å². The summed E-state index contributed by atoms with van der Waals surface area (Å²) in [6, 6.07) is 16.4. The number of fused-ring (bicyclic) bond motifs is 1. The minimum atomic E-state index is -4.66. The van der Waals surface area contributed by atoms with Gasteiger partial charge >= 0.3 is 12.1 Å². The number of anilines is 1. The Balaban J connectivity index is 1.53. The summed E-state index contributed by atoms with van der Waals surface area (Å²) in [6.07, 6.45) is -4.32. The highest BCUT2D eigenvalue weighted by Crippen LogP contribution is 2.40. The van der Waals surface area contributed by atoms with Crippen LogP contribution in [0.5, 0.6) is 11.5 Å². The number of methoxy groups -OCH3 is 1. The molecule has 0 radical (unpaired) electrons. The summed E-state index contributed by atoms with van der Waals surface area (Å²) in [5.41, 5.74) is 7.32. The zero-order valence-electron chi connectivity index (χ0n) is 18.8. The van der Waals surface area contributed by atoms with Crippen LogP contribution < -0.4 is 15.8 Å². The summed E-state index contributed by atoms with van der Waals surface area (Å²) in [5, 5.41) is 2.76. The highest BCUT2D eigenvalue weighted by molar-refractivity contribution is 6.03. The van der Waals surface area contributed by atoms with E-state index in [4.69, 9.17) is 10.5 Å². The average Bonchev–Trinajstić information content (AvgIpc) is 3.14. The molecule has 0 saturated heterocycles. The summed E-state index contributed by atoms with van der Waals surface area (Å²) < 4.78 is 51.7. The standard InChI is InChI=1S/C26H23F3N2O4/c1-34-25(33)21(30)14-15-6-9-17(10-7-15)35-23-11-8-16(13-20(23)26(27,28)29)12-19-18-4-2-3-5-22(18)31-24(19)32/h2-11,13,19,21H,12,14,30H2,1H3,(H,31,32). The van der Waals surface area contributed by atoms with Crippen molar-refractivity contribution in [3.63, 3.8) is 0 Å². The van der Waals surface area contributed by atoms with Crippen LogP contribution in [0.4, 0.5) is 18.9 Å². The van der Waals surface area contributed by atoms with Gasteiger partial charge in [-0.2, -0.15) is 13.2 Å². The molecule has 1 amide bonds. The molecule has 182 valence electrons. The van der Waals surface area contributed by atoms with Gasteiger partial charge in [0.15, 0.2) is 0 Å². The molecule has 35 heavy (non-hydrogen) atoms. The van der Waals surface area contributed by atoms with Crippen molar-refractivity contribution >= 4 is 17.6 Å². The highest BCUT2D eigenvalue weighted by Gasteiger charge is 2.36. The van der Waals surface area contributed by atoms with Crippen molar-refractivity contribution in [3.8, 4) is 11.5 Å². The van der Waals surface area contributed by atoms with E-state index >= 15 is 0 Å².